The molecule has 0 aromatic carbocycles. The van der Waals surface area contributed by atoms with E-state index in [1.54, 1.807) is 18.2 Å². The third kappa shape index (κ3) is 2.27. The van der Waals surface area contributed by atoms with Crippen LogP contribution in [0.15, 0.2) is 4.90 Å². The summed E-state index contributed by atoms with van der Waals surface area (Å²) in [5, 5.41) is 6.77. The van der Waals surface area contributed by atoms with Crippen molar-refractivity contribution < 1.29 is 8.42 Å². The van der Waals surface area contributed by atoms with E-state index in [-0.39, 0.29) is 0 Å². The molecule has 1 aliphatic rings. The van der Waals surface area contributed by atoms with Gasteiger partial charge in [0.25, 0.3) is 0 Å². The van der Waals surface area contributed by atoms with E-state index in [9.17, 15) is 8.42 Å². The predicted molar refractivity (Wildman–Crippen MR) is 77.9 cm³/mol. The van der Waals surface area contributed by atoms with Crippen LogP contribution in [0.2, 0.25) is 0 Å². The molecule has 0 unspecified atom stereocenters. The van der Waals surface area contributed by atoms with Gasteiger partial charge >= 0.3 is 0 Å². The van der Waals surface area contributed by atoms with E-state index in [1.165, 1.54) is 0 Å². The Morgan fingerprint density at radius 3 is 2.35 bits per heavy atom. The first-order valence-electron chi connectivity index (χ1n) is 7.13. The van der Waals surface area contributed by atoms with Crippen molar-refractivity contribution in [1.29, 1.82) is 0 Å². The van der Waals surface area contributed by atoms with Crippen molar-refractivity contribution in [2.75, 3.05) is 13.1 Å². The molecule has 0 spiro atoms. The van der Waals surface area contributed by atoms with Gasteiger partial charge in [0.15, 0.2) is 0 Å². The molecule has 0 atom stereocenters. The quantitative estimate of drug-likeness (QED) is 0.857. The Morgan fingerprint density at radius 2 is 1.95 bits per heavy atom. The lowest BCUT2D eigenvalue weighted by Crippen LogP contribution is -2.54. The van der Waals surface area contributed by atoms with Gasteiger partial charge in [0.05, 0.1) is 11.4 Å². The number of sulfonamides is 1. The number of hydrogen-bond donors (Lipinski definition) is 2. The van der Waals surface area contributed by atoms with Gasteiger partial charge in [-0.2, -0.15) is 9.40 Å². The molecular formula is C13H24N4O2S. The number of nitrogens with two attached hydrogens (primary N) is 1. The number of rotatable bonds is 5. The Labute approximate surface area is 120 Å². The fourth-order valence-electron chi connectivity index (χ4n) is 3.38. The molecule has 0 aliphatic heterocycles. The highest BCUT2D eigenvalue weighted by Crippen LogP contribution is 2.38. The molecule has 6 nitrogen and oxygen atoms in total. The van der Waals surface area contributed by atoms with E-state index in [1.807, 2.05) is 6.92 Å². The van der Waals surface area contributed by atoms with Gasteiger partial charge in [-0.3, -0.25) is 5.10 Å². The second kappa shape index (κ2) is 5.46. The molecule has 7 heteroatoms. The molecule has 3 N–H and O–H groups in total. The molecule has 0 amide bonds. The summed E-state index contributed by atoms with van der Waals surface area (Å²) in [6.45, 7) is 6.14. The number of aromatic amines is 1. The largest absolute Gasteiger partial charge is 0.329 e. The summed E-state index contributed by atoms with van der Waals surface area (Å²) in [6.07, 6.45) is 3.75. The first-order chi connectivity index (χ1) is 9.39. The van der Waals surface area contributed by atoms with Gasteiger partial charge in [-0.25, -0.2) is 8.42 Å². The summed E-state index contributed by atoms with van der Waals surface area (Å²) in [7, 11) is -3.56. The number of H-pyrrole nitrogens is 1. The molecule has 1 aromatic rings. The first-order valence-corrected chi connectivity index (χ1v) is 8.57. The maximum Gasteiger partial charge on any atom is 0.247 e. The summed E-state index contributed by atoms with van der Waals surface area (Å²) in [5.41, 5.74) is 6.62. The van der Waals surface area contributed by atoms with Gasteiger partial charge in [0.1, 0.15) is 4.90 Å². The van der Waals surface area contributed by atoms with Crippen LogP contribution >= 0.6 is 0 Å². The van der Waals surface area contributed by atoms with Crippen LogP contribution < -0.4 is 5.73 Å². The van der Waals surface area contributed by atoms with Crippen molar-refractivity contribution >= 4 is 10.0 Å². The Balaban J connectivity index is 2.51. The third-order valence-corrected chi connectivity index (χ3v) is 6.68. The molecule has 1 aliphatic carbocycles. The van der Waals surface area contributed by atoms with Crippen LogP contribution in [-0.2, 0) is 10.0 Å². The molecule has 0 bridgehead atoms. The smallest absolute Gasteiger partial charge is 0.247 e. The molecule has 114 valence electrons. The van der Waals surface area contributed by atoms with Crippen LogP contribution in [0.25, 0.3) is 0 Å². The lowest BCUT2D eigenvalue weighted by Gasteiger charge is -2.38. The normalized spacial score (nSPS) is 18.9. The minimum atomic E-state index is -3.56. The average Bonchev–Trinajstić information content (AvgIpc) is 2.98. The Hall–Kier alpha value is -0.920. The van der Waals surface area contributed by atoms with Crippen LogP contribution in [0.3, 0.4) is 0 Å². The van der Waals surface area contributed by atoms with Crippen molar-refractivity contribution in [3.8, 4) is 0 Å². The number of likely N-dealkylation sites (N-methyl/N-ethyl adjacent to an activating group) is 1. The van der Waals surface area contributed by atoms with Gasteiger partial charge in [0.2, 0.25) is 10.0 Å². The summed E-state index contributed by atoms with van der Waals surface area (Å²) in [4.78, 5) is 0.305. The maximum atomic E-state index is 13.0. The van der Waals surface area contributed by atoms with E-state index in [4.69, 9.17) is 5.73 Å². The van der Waals surface area contributed by atoms with Gasteiger partial charge in [-0.15, -0.1) is 0 Å². The second-order valence-electron chi connectivity index (χ2n) is 5.57. The van der Waals surface area contributed by atoms with Gasteiger partial charge in [0, 0.05) is 18.6 Å². The number of aromatic nitrogens is 2. The molecule has 0 saturated heterocycles. The van der Waals surface area contributed by atoms with Gasteiger partial charge < -0.3 is 5.73 Å². The number of aryl methyl sites for hydroxylation is 2. The topological polar surface area (TPSA) is 92.1 Å². The molecule has 1 fully saturated rings. The summed E-state index contributed by atoms with van der Waals surface area (Å²) in [6, 6.07) is 0. The minimum absolute atomic E-state index is 0.305. The Kier molecular flexibility index (Phi) is 4.22. The fourth-order valence-corrected chi connectivity index (χ4v) is 5.56. The first kappa shape index (κ1) is 15.5. The molecular weight excluding hydrogens is 276 g/mol. The summed E-state index contributed by atoms with van der Waals surface area (Å²) >= 11 is 0. The molecule has 20 heavy (non-hydrogen) atoms. The average molecular weight is 300 g/mol. The van der Waals surface area contributed by atoms with Gasteiger partial charge in [-0.05, 0) is 26.7 Å². The van der Waals surface area contributed by atoms with Crippen LogP contribution in [0.5, 0.6) is 0 Å². The second-order valence-corrected chi connectivity index (χ2v) is 7.37. The zero-order chi connectivity index (χ0) is 15.0. The number of hydrogen-bond acceptors (Lipinski definition) is 4. The highest BCUT2D eigenvalue weighted by molar-refractivity contribution is 7.89. The SMILES string of the molecule is CCN(C1(CN)CCCC1)S(=O)(=O)c1c(C)n[nH]c1C. The lowest BCUT2D eigenvalue weighted by molar-refractivity contribution is 0.205. The molecule has 1 aromatic heterocycles. The maximum absolute atomic E-state index is 13.0. The lowest BCUT2D eigenvalue weighted by atomic mass is 9.98. The molecule has 0 radical (unpaired) electrons. The number of nitrogens with zero attached hydrogens (tertiary/aromatic N) is 2. The molecule has 1 heterocycles. The molecule has 1 saturated carbocycles. The zero-order valence-corrected chi connectivity index (χ0v) is 13.3. The van der Waals surface area contributed by atoms with Crippen molar-refractivity contribution in [2.24, 2.45) is 5.73 Å². The Bertz CT molecular complexity index is 554. The van der Waals surface area contributed by atoms with Crippen molar-refractivity contribution in [3.05, 3.63) is 11.4 Å². The van der Waals surface area contributed by atoms with E-state index < -0.39 is 15.6 Å². The standard InChI is InChI=1S/C13H24N4O2S/c1-4-17(13(9-14)7-5-6-8-13)20(18,19)12-10(2)15-16-11(12)3/h4-9,14H2,1-3H3,(H,15,16). The fraction of sp³-hybridized carbons (Fsp3) is 0.769. The van der Waals surface area contributed by atoms with Crippen molar-refractivity contribution in [2.45, 2.75) is 56.9 Å². The minimum Gasteiger partial charge on any atom is -0.329 e. The van der Waals surface area contributed by atoms with Crippen LogP contribution in [0, 0.1) is 13.8 Å². The Morgan fingerprint density at radius 1 is 1.35 bits per heavy atom. The predicted octanol–water partition coefficient (Wildman–Crippen LogP) is 1.31. The summed E-state index contributed by atoms with van der Waals surface area (Å²) in [5.74, 6) is 0. The van der Waals surface area contributed by atoms with Crippen molar-refractivity contribution in [1.82, 2.24) is 14.5 Å². The van der Waals surface area contributed by atoms with Crippen LogP contribution in [0.4, 0.5) is 0 Å². The van der Waals surface area contributed by atoms with E-state index >= 15 is 0 Å². The van der Waals surface area contributed by atoms with E-state index in [2.05, 4.69) is 10.2 Å². The van der Waals surface area contributed by atoms with Crippen molar-refractivity contribution in [3.63, 3.8) is 0 Å². The summed E-state index contributed by atoms with van der Waals surface area (Å²) < 4.78 is 27.7. The highest BCUT2D eigenvalue weighted by atomic mass is 32.2. The highest BCUT2D eigenvalue weighted by Gasteiger charge is 2.45. The number of nitrogens with one attached hydrogen (secondary N) is 1. The van der Waals surface area contributed by atoms with E-state index in [0.717, 1.165) is 25.7 Å². The molecule has 2 rings (SSSR count). The van der Waals surface area contributed by atoms with Crippen LogP contribution in [-0.4, -0.2) is 41.5 Å². The van der Waals surface area contributed by atoms with E-state index in [0.29, 0.717) is 29.4 Å². The van der Waals surface area contributed by atoms with Gasteiger partial charge in [-0.1, -0.05) is 19.8 Å². The van der Waals surface area contributed by atoms with Crippen LogP contribution in [0.1, 0.15) is 44.0 Å². The monoisotopic (exact) mass is 300 g/mol. The third-order valence-electron chi connectivity index (χ3n) is 4.34. The zero-order valence-electron chi connectivity index (χ0n) is 12.4.